The van der Waals surface area contributed by atoms with E-state index in [0.29, 0.717) is 5.95 Å². The predicted molar refractivity (Wildman–Crippen MR) is 61.1 cm³/mol. The van der Waals surface area contributed by atoms with E-state index < -0.39 is 5.97 Å². The summed E-state index contributed by atoms with van der Waals surface area (Å²) in [4.78, 5) is 21.3. The minimum Gasteiger partial charge on any atom is -0.493 e. The smallest absolute Gasteiger partial charge is 0.344 e. The number of hydrogen-bond donors (Lipinski definition) is 1. The molecule has 1 saturated heterocycles. The lowest BCUT2D eigenvalue weighted by molar-refractivity contribution is 0.0596. The van der Waals surface area contributed by atoms with Crippen LogP contribution < -0.4 is 4.90 Å². The second kappa shape index (κ2) is 4.99. The van der Waals surface area contributed by atoms with Gasteiger partial charge < -0.3 is 14.7 Å². The maximum Gasteiger partial charge on any atom is 0.344 e. The van der Waals surface area contributed by atoms with Crippen LogP contribution >= 0.6 is 0 Å². The highest BCUT2D eigenvalue weighted by molar-refractivity contribution is 5.91. The van der Waals surface area contributed by atoms with E-state index in [-0.39, 0.29) is 11.4 Å². The number of carbonyl (C=O) groups is 1. The van der Waals surface area contributed by atoms with Crippen molar-refractivity contribution in [2.75, 3.05) is 25.1 Å². The molecule has 1 aliphatic heterocycles. The molecule has 17 heavy (non-hydrogen) atoms. The summed E-state index contributed by atoms with van der Waals surface area (Å²) in [7, 11) is 1.25. The zero-order chi connectivity index (χ0) is 12.3. The van der Waals surface area contributed by atoms with Crippen molar-refractivity contribution in [1.82, 2.24) is 9.97 Å². The number of piperidine rings is 1. The summed E-state index contributed by atoms with van der Waals surface area (Å²) in [5.41, 5.74) is -0.00624. The van der Waals surface area contributed by atoms with E-state index in [1.54, 1.807) is 0 Å². The molecular formula is C11H15N3O3. The standard InChI is InChI=1S/C11H15N3O3/c1-17-10(16)8-7-12-11(13-9(8)15)14-5-3-2-4-6-14/h7H,2-6H2,1H3,(H,12,13,15). The van der Waals surface area contributed by atoms with Crippen LogP contribution in [0.2, 0.25) is 0 Å². The van der Waals surface area contributed by atoms with Crippen molar-refractivity contribution >= 4 is 11.9 Å². The second-order valence-electron chi connectivity index (χ2n) is 3.95. The lowest BCUT2D eigenvalue weighted by atomic mass is 10.1. The molecule has 0 aliphatic carbocycles. The summed E-state index contributed by atoms with van der Waals surface area (Å²) >= 11 is 0. The van der Waals surface area contributed by atoms with E-state index in [2.05, 4.69) is 14.7 Å². The topological polar surface area (TPSA) is 75.5 Å². The number of anilines is 1. The average Bonchev–Trinajstić information content (AvgIpc) is 2.39. The van der Waals surface area contributed by atoms with Gasteiger partial charge in [-0.3, -0.25) is 0 Å². The fourth-order valence-electron chi connectivity index (χ4n) is 1.86. The summed E-state index contributed by atoms with van der Waals surface area (Å²) in [6, 6.07) is 0. The Hall–Kier alpha value is -1.85. The summed E-state index contributed by atoms with van der Waals surface area (Å²) in [5.74, 6) is -0.491. The van der Waals surface area contributed by atoms with Crippen molar-refractivity contribution in [2.45, 2.75) is 19.3 Å². The van der Waals surface area contributed by atoms with Crippen LogP contribution in [0.1, 0.15) is 29.6 Å². The van der Waals surface area contributed by atoms with Gasteiger partial charge >= 0.3 is 5.97 Å². The molecule has 0 aromatic carbocycles. The van der Waals surface area contributed by atoms with Crippen LogP contribution in [-0.4, -0.2) is 41.2 Å². The van der Waals surface area contributed by atoms with Crippen molar-refractivity contribution in [3.05, 3.63) is 11.8 Å². The lowest BCUT2D eigenvalue weighted by Crippen LogP contribution is -2.31. The van der Waals surface area contributed by atoms with Crippen molar-refractivity contribution in [1.29, 1.82) is 0 Å². The third kappa shape index (κ3) is 2.46. The van der Waals surface area contributed by atoms with Crippen molar-refractivity contribution < 1.29 is 14.6 Å². The van der Waals surface area contributed by atoms with Gasteiger partial charge in [0.2, 0.25) is 11.8 Å². The predicted octanol–water partition coefficient (Wildman–Crippen LogP) is 0.959. The first-order valence-corrected chi connectivity index (χ1v) is 5.61. The third-order valence-corrected chi connectivity index (χ3v) is 2.80. The molecule has 1 aromatic heterocycles. The number of esters is 1. The van der Waals surface area contributed by atoms with Crippen molar-refractivity contribution in [3.8, 4) is 5.88 Å². The molecule has 0 atom stereocenters. The quantitative estimate of drug-likeness (QED) is 0.772. The van der Waals surface area contributed by atoms with E-state index in [0.717, 1.165) is 25.9 Å². The minimum absolute atomic E-state index is 0.00624. The fourth-order valence-corrected chi connectivity index (χ4v) is 1.86. The molecule has 2 rings (SSSR count). The lowest BCUT2D eigenvalue weighted by Gasteiger charge is -2.26. The van der Waals surface area contributed by atoms with Crippen LogP contribution in [0, 0.1) is 0 Å². The Morgan fingerprint density at radius 1 is 1.41 bits per heavy atom. The highest BCUT2D eigenvalue weighted by Crippen LogP contribution is 2.20. The number of ether oxygens (including phenoxy) is 1. The Balaban J connectivity index is 2.20. The van der Waals surface area contributed by atoms with Crippen LogP contribution in [0.15, 0.2) is 6.20 Å². The normalized spacial score (nSPS) is 15.7. The average molecular weight is 237 g/mol. The molecular weight excluding hydrogens is 222 g/mol. The van der Waals surface area contributed by atoms with E-state index in [1.165, 1.54) is 19.7 Å². The van der Waals surface area contributed by atoms with Crippen LogP contribution in [0.25, 0.3) is 0 Å². The molecule has 0 radical (unpaired) electrons. The first-order valence-electron chi connectivity index (χ1n) is 5.61. The molecule has 1 aliphatic rings. The van der Waals surface area contributed by atoms with Gasteiger partial charge in [-0.05, 0) is 19.3 Å². The Morgan fingerprint density at radius 3 is 2.71 bits per heavy atom. The molecule has 92 valence electrons. The highest BCUT2D eigenvalue weighted by atomic mass is 16.5. The largest absolute Gasteiger partial charge is 0.493 e. The second-order valence-corrected chi connectivity index (χ2v) is 3.95. The Labute approximate surface area is 99.2 Å². The van der Waals surface area contributed by atoms with Gasteiger partial charge in [0, 0.05) is 13.1 Å². The van der Waals surface area contributed by atoms with Crippen LogP contribution in [0.5, 0.6) is 5.88 Å². The number of aromatic hydroxyl groups is 1. The van der Waals surface area contributed by atoms with Gasteiger partial charge in [-0.2, -0.15) is 4.98 Å². The number of carbonyl (C=O) groups excluding carboxylic acids is 1. The number of rotatable bonds is 2. The number of aromatic nitrogens is 2. The van der Waals surface area contributed by atoms with E-state index in [1.807, 2.05) is 4.90 Å². The SMILES string of the molecule is COC(=O)c1cnc(N2CCCCC2)nc1O. The molecule has 6 nitrogen and oxygen atoms in total. The van der Waals surface area contributed by atoms with Gasteiger partial charge in [0.1, 0.15) is 5.56 Å². The zero-order valence-corrected chi connectivity index (χ0v) is 9.72. The van der Waals surface area contributed by atoms with Gasteiger partial charge in [0.25, 0.3) is 0 Å². The fraction of sp³-hybridized carbons (Fsp3) is 0.545. The summed E-state index contributed by atoms with van der Waals surface area (Å²) in [6.07, 6.45) is 4.71. The molecule has 2 heterocycles. The van der Waals surface area contributed by atoms with Crippen LogP contribution in [0.3, 0.4) is 0 Å². The Bertz CT molecular complexity index is 416. The van der Waals surface area contributed by atoms with Gasteiger partial charge in [0.05, 0.1) is 13.3 Å². The first-order chi connectivity index (χ1) is 8.22. The summed E-state index contributed by atoms with van der Waals surface area (Å²) < 4.78 is 4.51. The van der Waals surface area contributed by atoms with Gasteiger partial charge in [-0.1, -0.05) is 0 Å². The molecule has 1 fully saturated rings. The minimum atomic E-state index is -0.632. The molecule has 6 heteroatoms. The van der Waals surface area contributed by atoms with Gasteiger partial charge in [-0.15, -0.1) is 0 Å². The highest BCUT2D eigenvalue weighted by Gasteiger charge is 2.18. The van der Waals surface area contributed by atoms with E-state index in [4.69, 9.17) is 0 Å². The summed E-state index contributed by atoms with van der Waals surface area (Å²) in [6.45, 7) is 1.77. The van der Waals surface area contributed by atoms with Crippen molar-refractivity contribution in [2.24, 2.45) is 0 Å². The van der Waals surface area contributed by atoms with Gasteiger partial charge in [0.15, 0.2) is 0 Å². The monoisotopic (exact) mass is 237 g/mol. The number of nitrogens with zero attached hydrogens (tertiary/aromatic N) is 3. The number of methoxy groups -OCH3 is 1. The zero-order valence-electron chi connectivity index (χ0n) is 9.72. The molecule has 1 N–H and O–H groups in total. The van der Waals surface area contributed by atoms with Crippen molar-refractivity contribution in [3.63, 3.8) is 0 Å². The maximum atomic E-state index is 11.2. The maximum absolute atomic E-state index is 11.2. The Morgan fingerprint density at radius 2 is 2.12 bits per heavy atom. The molecule has 0 amide bonds. The molecule has 0 spiro atoms. The van der Waals surface area contributed by atoms with Crippen LogP contribution in [0.4, 0.5) is 5.95 Å². The first kappa shape index (κ1) is 11.6. The van der Waals surface area contributed by atoms with Gasteiger partial charge in [-0.25, -0.2) is 9.78 Å². The molecule has 0 unspecified atom stereocenters. The number of hydrogen-bond acceptors (Lipinski definition) is 6. The van der Waals surface area contributed by atoms with Crippen LogP contribution in [-0.2, 0) is 4.74 Å². The molecule has 0 bridgehead atoms. The summed E-state index contributed by atoms with van der Waals surface area (Å²) in [5, 5.41) is 9.64. The van der Waals surface area contributed by atoms with E-state index in [9.17, 15) is 9.90 Å². The molecule has 0 saturated carbocycles. The Kier molecular flexibility index (Phi) is 3.41. The van der Waals surface area contributed by atoms with E-state index >= 15 is 0 Å². The third-order valence-electron chi connectivity index (χ3n) is 2.80. The molecule has 1 aromatic rings.